The molecule has 66 valence electrons. The van der Waals surface area contributed by atoms with E-state index in [1.54, 1.807) is 0 Å². The highest BCUT2D eigenvalue weighted by molar-refractivity contribution is 4.67. The van der Waals surface area contributed by atoms with Crippen molar-refractivity contribution < 1.29 is 4.74 Å². The van der Waals surface area contributed by atoms with Crippen molar-refractivity contribution in [1.82, 2.24) is 5.32 Å². The molecule has 0 aromatic carbocycles. The van der Waals surface area contributed by atoms with Gasteiger partial charge in [0, 0.05) is 13.2 Å². The molecule has 1 saturated heterocycles. The Labute approximate surface area is 69.3 Å². The van der Waals surface area contributed by atoms with Crippen molar-refractivity contribution in [3.63, 3.8) is 0 Å². The van der Waals surface area contributed by atoms with Gasteiger partial charge in [-0.05, 0) is 25.3 Å². The molecule has 11 heavy (non-hydrogen) atoms. The highest BCUT2D eigenvalue weighted by Crippen LogP contribution is 2.10. The minimum atomic E-state index is 0.494. The van der Waals surface area contributed by atoms with Gasteiger partial charge in [0.1, 0.15) is 0 Å². The number of rotatable bonds is 4. The van der Waals surface area contributed by atoms with Crippen LogP contribution in [0.25, 0.3) is 0 Å². The van der Waals surface area contributed by atoms with Crippen LogP contribution in [0.4, 0.5) is 0 Å². The predicted molar refractivity (Wildman–Crippen MR) is 46.7 cm³/mol. The summed E-state index contributed by atoms with van der Waals surface area (Å²) in [5, 5.41) is 3.40. The van der Waals surface area contributed by atoms with E-state index in [4.69, 9.17) is 4.74 Å². The van der Waals surface area contributed by atoms with Crippen LogP contribution in [0.2, 0.25) is 0 Å². The van der Waals surface area contributed by atoms with Crippen LogP contribution in [0, 0.1) is 5.92 Å². The summed E-state index contributed by atoms with van der Waals surface area (Å²) in [6.45, 7) is 7.57. The molecule has 1 aliphatic heterocycles. The summed E-state index contributed by atoms with van der Waals surface area (Å²) < 4.78 is 5.47. The highest BCUT2D eigenvalue weighted by atomic mass is 16.5. The molecule has 1 atom stereocenters. The highest BCUT2D eigenvalue weighted by Gasteiger charge is 2.14. The molecule has 1 aliphatic rings. The lowest BCUT2D eigenvalue weighted by atomic mass is 10.2. The Kier molecular flexibility index (Phi) is 3.87. The van der Waals surface area contributed by atoms with Gasteiger partial charge in [0.15, 0.2) is 0 Å². The Morgan fingerprint density at radius 3 is 2.91 bits per heavy atom. The minimum absolute atomic E-state index is 0.494. The molecule has 0 aliphatic carbocycles. The Morgan fingerprint density at radius 1 is 1.55 bits per heavy atom. The van der Waals surface area contributed by atoms with Crippen molar-refractivity contribution in [2.45, 2.75) is 32.8 Å². The van der Waals surface area contributed by atoms with Gasteiger partial charge < -0.3 is 10.1 Å². The zero-order valence-corrected chi connectivity index (χ0v) is 7.60. The first-order valence-corrected chi connectivity index (χ1v) is 4.61. The normalized spacial score (nSPS) is 24.8. The van der Waals surface area contributed by atoms with Gasteiger partial charge in [0.05, 0.1) is 6.10 Å². The molecule has 1 fully saturated rings. The van der Waals surface area contributed by atoms with Crippen molar-refractivity contribution in [3.05, 3.63) is 0 Å². The van der Waals surface area contributed by atoms with E-state index in [9.17, 15) is 0 Å². The van der Waals surface area contributed by atoms with Crippen molar-refractivity contribution >= 4 is 0 Å². The Morgan fingerprint density at radius 2 is 2.36 bits per heavy atom. The third-order valence-corrected chi connectivity index (χ3v) is 1.95. The molecular weight excluding hydrogens is 138 g/mol. The maximum atomic E-state index is 5.47. The molecular formula is C9H19NO. The van der Waals surface area contributed by atoms with Gasteiger partial charge >= 0.3 is 0 Å². The molecule has 0 unspecified atom stereocenters. The summed E-state index contributed by atoms with van der Waals surface area (Å²) in [5.41, 5.74) is 0. The van der Waals surface area contributed by atoms with E-state index in [-0.39, 0.29) is 0 Å². The first kappa shape index (κ1) is 9.01. The Bertz CT molecular complexity index is 97.7. The fourth-order valence-electron chi connectivity index (χ4n) is 1.34. The molecule has 0 amide bonds. The van der Waals surface area contributed by atoms with Crippen LogP contribution in [-0.2, 0) is 4.74 Å². The molecule has 1 rings (SSSR count). The summed E-state index contributed by atoms with van der Waals surface area (Å²) in [6, 6.07) is 0. The smallest absolute Gasteiger partial charge is 0.0700 e. The second kappa shape index (κ2) is 4.73. The van der Waals surface area contributed by atoms with E-state index in [2.05, 4.69) is 19.2 Å². The van der Waals surface area contributed by atoms with E-state index in [1.165, 1.54) is 12.8 Å². The van der Waals surface area contributed by atoms with E-state index in [1.807, 2.05) is 0 Å². The fourth-order valence-corrected chi connectivity index (χ4v) is 1.34. The maximum absolute atomic E-state index is 5.47. The molecule has 1 N–H and O–H groups in total. The molecule has 2 nitrogen and oxygen atoms in total. The molecule has 0 spiro atoms. The standard InChI is InChI=1S/C9H19NO/c1-8(2)6-10-7-9-4-3-5-11-9/h8-10H,3-7H2,1-2H3/t9-/m0/s1. The summed E-state index contributed by atoms with van der Waals surface area (Å²) in [4.78, 5) is 0. The first-order chi connectivity index (χ1) is 5.29. The third kappa shape index (κ3) is 3.73. The first-order valence-electron chi connectivity index (χ1n) is 4.61. The van der Waals surface area contributed by atoms with E-state index < -0.39 is 0 Å². The second-order valence-corrected chi connectivity index (χ2v) is 3.69. The topological polar surface area (TPSA) is 21.3 Å². The monoisotopic (exact) mass is 157 g/mol. The third-order valence-electron chi connectivity index (χ3n) is 1.95. The van der Waals surface area contributed by atoms with Crippen molar-refractivity contribution in [3.8, 4) is 0 Å². The molecule has 0 saturated carbocycles. The van der Waals surface area contributed by atoms with Gasteiger partial charge in [0.2, 0.25) is 0 Å². The summed E-state index contributed by atoms with van der Waals surface area (Å²) in [6.07, 6.45) is 2.98. The fraction of sp³-hybridized carbons (Fsp3) is 1.00. The van der Waals surface area contributed by atoms with Gasteiger partial charge in [-0.3, -0.25) is 0 Å². The van der Waals surface area contributed by atoms with Gasteiger partial charge in [-0.15, -0.1) is 0 Å². The lowest BCUT2D eigenvalue weighted by molar-refractivity contribution is 0.109. The van der Waals surface area contributed by atoms with E-state index >= 15 is 0 Å². The number of hydrogen-bond acceptors (Lipinski definition) is 2. The van der Waals surface area contributed by atoms with Crippen LogP contribution < -0.4 is 5.32 Å². The SMILES string of the molecule is CC(C)CNC[C@@H]1CCCO1. The zero-order valence-electron chi connectivity index (χ0n) is 7.60. The average molecular weight is 157 g/mol. The minimum Gasteiger partial charge on any atom is -0.377 e. The number of ether oxygens (including phenoxy) is 1. The maximum Gasteiger partial charge on any atom is 0.0700 e. The molecule has 0 aromatic heterocycles. The van der Waals surface area contributed by atoms with Crippen molar-refractivity contribution in [2.24, 2.45) is 5.92 Å². The lowest BCUT2D eigenvalue weighted by Crippen LogP contribution is -2.29. The van der Waals surface area contributed by atoms with Crippen LogP contribution in [0.5, 0.6) is 0 Å². The van der Waals surface area contributed by atoms with E-state index in [0.29, 0.717) is 6.10 Å². The summed E-state index contributed by atoms with van der Waals surface area (Å²) in [7, 11) is 0. The summed E-state index contributed by atoms with van der Waals surface area (Å²) in [5.74, 6) is 0.747. The van der Waals surface area contributed by atoms with Crippen LogP contribution in [0.3, 0.4) is 0 Å². The largest absolute Gasteiger partial charge is 0.377 e. The van der Waals surface area contributed by atoms with Crippen molar-refractivity contribution in [1.29, 1.82) is 0 Å². The van der Waals surface area contributed by atoms with Crippen LogP contribution in [0.1, 0.15) is 26.7 Å². The molecule has 1 heterocycles. The second-order valence-electron chi connectivity index (χ2n) is 3.69. The van der Waals surface area contributed by atoms with E-state index in [0.717, 1.165) is 25.6 Å². The summed E-state index contributed by atoms with van der Waals surface area (Å²) >= 11 is 0. The quantitative estimate of drug-likeness (QED) is 0.666. The van der Waals surface area contributed by atoms with Crippen molar-refractivity contribution in [2.75, 3.05) is 19.7 Å². The Hall–Kier alpha value is -0.0800. The number of hydrogen-bond donors (Lipinski definition) is 1. The predicted octanol–water partition coefficient (Wildman–Crippen LogP) is 1.41. The van der Waals surface area contributed by atoms with Gasteiger partial charge in [0.25, 0.3) is 0 Å². The van der Waals surface area contributed by atoms with Crippen LogP contribution >= 0.6 is 0 Å². The lowest BCUT2D eigenvalue weighted by Gasteiger charge is -2.11. The van der Waals surface area contributed by atoms with Gasteiger partial charge in [-0.25, -0.2) is 0 Å². The molecule has 0 bridgehead atoms. The zero-order chi connectivity index (χ0) is 8.10. The molecule has 0 aromatic rings. The average Bonchev–Trinajstić information content (AvgIpc) is 2.39. The molecule has 2 heteroatoms. The number of nitrogens with one attached hydrogen (secondary N) is 1. The van der Waals surface area contributed by atoms with Crippen LogP contribution in [0.15, 0.2) is 0 Å². The Balaban J connectivity index is 1.94. The van der Waals surface area contributed by atoms with Gasteiger partial charge in [-0.1, -0.05) is 13.8 Å². The van der Waals surface area contributed by atoms with Gasteiger partial charge in [-0.2, -0.15) is 0 Å². The molecule has 0 radical (unpaired) electrons. The van der Waals surface area contributed by atoms with Crippen LogP contribution in [-0.4, -0.2) is 25.8 Å².